The van der Waals surface area contributed by atoms with Crippen LogP contribution in [0.5, 0.6) is 0 Å². The molecule has 0 spiro atoms. The lowest BCUT2D eigenvalue weighted by molar-refractivity contribution is 0.0691. The molecule has 2 fully saturated rings. The first kappa shape index (κ1) is 47.5. The van der Waals surface area contributed by atoms with Gasteiger partial charge in [0.2, 0.25) is 0 Å². The van der Waals surface area contributed by atoms with Gasteiger partial charge in [0.25, 0.3) is 5.91 Å². The van der Waals surface area contributed by atoms with Crippen LogP contribution in [0.15, 0.2) is 72.8 Å². The van der Waals surface area contributed by atoms with E-state index in [0.29, 0.717) is 59.9 Å². The number of aryl methyl sites for hydroxylation is 4. The number of aromatic carboxylic acids is 1. The number of halogens is 1. The van der Waals surface area contributed by atoms with Crippen molar-refractivity contribution in [3.05, 3.63) is 140 Å². The summed E-state index contributed by atoms with van der Waals surface area (Å²) in [4.78, 5) is 47.7. The first-order valence-electron chi connectivity index (χ1n) is 19.0. The number of nitrogens with one attached hydrogen (secondary N) is 1. The Morgan fingerprint density at radius 2 is 1.12 bits per heavy atom. The van der Waals surface area contributed by atoms with Crippen LogP contribution in [0.25, 0.3) is 0 Å². The number of hydrogen-bond donors (Lipinski definition) is 2. The maximum atomic E-state index is 13.1. The van der Waals surface area contributed by atoms with Gasteiger partial charge < -0.3 is 15.3 Å². The molecule has 0 aliphatic carbocycles. The van der Waals surface area contributed by atoms with Crippen molar-refractivity contribution in [2.45, 2.75) is 85.5 Å². The quantitative estimate of drug-likeness (QED) is 0.168. The fraction of sp³-hybridized carbons (Fsp3) is 0.362. The minimum atomic E-state index is -0.982. The second-order valence-corrected chi connectivity index (χ2v) is 14.0. The summed E-state index contributed by atoms with van der Waals surface area (Å²) in [5.41, 5.74) is 9.44. The molecule has 0 unspecified atom stereocenters. The number of likely N-dealkylation sites (tertiary alicyclic amines) is 1. The summed E-state index contributed by atoms with van der Waals surface area (Å²) in [6.45, 7) is 11.3. The van der Waals surface area contributed by atoms with Crippen molar-refractivity contribution in [3.8, 4) is 12.1 Å². The lowest BCUT2D eigenvalue weighted by atomic mass is 9.88. The van der Waals surface area contributed by atoms with Gasteiger partial charge in [-0.1, -0.05) is 57.7 Å². The molecule has 2 heterocycles. The monoisotopic (exact) mass is 790 g/mol. The van der Waals surface area contributed by atoms with E-state index in [4.69, 9.17) is 15.6 Å². The molecule has 2 N–H and O–H groups in total. The highest BCUT2D eigenvalue weighted by Crippen LogP contribution is 2.30. The molecule has 2 aliphatic heterocycles. The molecular weight excluding hydrogens is 736 g/mol. The smallest absolute Gasteiger partial charge is 0.335 e. The number of nitrogens with zero attached hydrogens (tertiary/aromatic N) is 3. The molecule has 2 aliphatic rings. The Bertz CT molecular complexity index is 2050. The molecule has 0 atom stereocenters. The highest BCUT2D eigenvalue weighted by Gasteiger charge is 2.26. The SMILES string of the molecule is C.CCc1cc(C)c(C=O)cc1C(=O)N1CCC(c2ccc(C#N)cc2)CC1.CCc1cc(C)c(C=O)cc1C(=O)O.Cl.N#Cc1ccc(C2CCNCC2)cc1. The molecule has 300 valence electrons. The van der Waals surface area contributed by atoms with Crippen molar-refractivity contribution in [2.75, 3.05) is 26.2 Å². The number of carbonyl (C=O) groups is 4. The second-order valence-electron chi connectivity index (χ2n) is 14.0. The van der Waals surface area contributed by atoms with Crippen LogP contribution in [0.4, 0.5) is 0 Å². The van der Waals surface area contributed by atoms with Gasteiger partial charge in [-0.2, -0.15) is 10.5 Å². The van der Waals surface area contributed by atoms with Crippen LogP contribution in [0, 0.1) is 36.5 Å². The van der Waals surface area contributed by atoms with E-state index in [-0.39, 0.29) is 31.3 Å². The van der Waals surface area contributed by atoms with Gasteiger partial charge in [0.1, 0.15) is 12.6 Å². The van der Waals surface area contributed by atoms with Crippen LogP contribution in [0.2, 0.25) is 0 Å². The van der Waals surface area contributed by atoms with Gasteiger partial charge in [0, 0.05) is 29.8 Å². The third-order valence-corrected chi connectivity index (χ3v) is 10.6. The number of carboxylic acid groups (broad SMARTS) is 1. The molecule has 0 aromatic heterocycles. The Labute approximate surface area is 344 Å². The van der Waals surface area contributed by atoms with Crippen LogP contribution >= 0.6 is 12.4 Å². The molecule has 6 rings (SSSR count). The van der Waals surface area contributed by atoms with E-state index in [2.05, 4.69) is 29.6 Å². The Morgan fingerprint density at radius 3 is 1.51 bits per heavy atom. The summed E-state index contributed by atoms with van der Waals surface area (Å²) in [5.74, 6) is 0.137. The zero-order valence-corrected chi connectivity index (χ0v) is 33.5. The van der Waals surface area contributed by atoms with Gasteiger partial charge in [-0.05, 0) is 147 Å². The molecule has 4 aromatic carbocycles. The van der Waals surface area contributed by atoms with Gasteiger partial charge in [-0.15, -0.1) is 12.4 Å². The highest BCUT2D eigenvalue weighted by atomic mass is 35.5. The number of aldehydes is 2. The molecule has 2 saturated heterocycles. The maximum absolute atomic E-state index is 13.1. The van der Waals surface area contributed by atoms with E-state index < -0.39 is 5.97 Å². The minimum absolute atomic E-state index is 0. The van der Waals surface area contributed by atoms with Gasteiger partial charge in [-0.3, -0.25) is 14.4 Å². The Balaban J connectivity index is 0.000000317. The van der Waals surface area contributed by atoms with Crippen molar-refractivity contribution in [1.82, 2.24) is 10.2 Å². The Kier molecular flexibility index (Phi) is 19.6. The Morgan fingerprint density at radius 1 is 0.719 bits per heavy atom. The molecular formula is C47H55ClN4O5. The average Bonchev–Trinajstić information content (AvgIpc) is 3.24. The molecule has 0 radical (unpaired) electrons. The number of amides is 1. The van der Waals surface area contributed by atoms with Crippen LogP contribution in [0.1, 0.15) is 145 Å². The fourth-order valence-electron chi connectivity index (χ4n) is 7.21. The van der Waals surface area contributed by atoms with Crippen LogP contribution < -0.4 is 5.32 Å². The fourth-order valence-corrected chi connectivity index (χ4v) is 7.21. The van der Waals surface area contributed by atoms with E-state index in [0.717, 1.165) is 66.5 Å². The number of carbonyl (C=O) groups excluding carboxylic acids is 3. The van der Waals surface area contributed by atoms with Crippen molar-refractivity contribution in [3.63, 3.8) is 0 Å². The molecule has 9 nitrogen and oxygen atoms in total. The normalized spacial score (nSPS) is 13.7. The third kappa shape index (κ3) is 12.7. The number of carboxylic acids is 1. The summed E-state index contributed by atoms with van der Waals surface area (Å²) in [6, 6.07) is 26.9. The highest BCUT2D eigenvalue weighted by molar-refractivity contribution is 5.98. The summed E-state index contributed by atoms with van der Waals surface area (Å²) >= 11 is 0. The first-order chi connectivity index (χ1) is 26.6. The Hall–Kier alpha value is -5.61. The standard InChI is InChI=1S/C23H24N2O2.C12H14N2.C11H12O3.CH4.ClH/c1-3-18-12-16(2)21(15-26)13-22(18)23(27)25-10-8-20(9-11-25)19-6-4-17(14-24)5-7-19;13-9-10-1-3-11(4-2-10)12-5-7-14-8-6-12;1-3-8-4-7(2)9(6-12)5-10(8)11(13)14;;/h4-7,12-13,15,20H,3,8-11H2,1-2H3;1-4,12,14H,5-8H2;4-6H,3H2,1-2H3,(H,13,14);1H4;1H. The van der Waals surface area contributed by atoms with Crippen molar-refractivity contribution < 1.29 is 24.3 Å². The van der Waals surface area contributed by atoms with E-state index in [1.165, 1.54) is 30.0 Å². The van der Waals surface area contributed by atoms with Crippen molar-refractivity contribution >= 4 is 36.9 Å². The average molecular weight is 791 g/mol. The summed E-state index contributed by atoms with van der Waals surface area (Å²) in [6.07, 6.45) is 7.17. The summed E-state index contributed by atoms with van der Waals surface area (Å²) in [5, 5.41) is 29.8. The van der Waals surface area contributed by atoms with E-state index >= 15 is 0 Å². The molecule has 4 aromatic rings. The van der Waals surface area contributed by atoms with Gasteiger partial charge in [-0.25, -0.2) is 4.79 Å². The van der Waals surface area contributed by atoms with Crippen LogP contribution in [-0.2, 0) is 12.8 Å². The number of hydrogen-bond acceptors (Lipinski definition) is 7. The number of rotatable bonds is 8. The number of piperidine rings is 2. The molecule has 57 heavy (non-hydrogen) atoms. The van der Waals surface area contributed by atoms with Crippen molar-refractivity contribution in [1.29, 1.82) is 10.5 Å². The maximum Gasteiger partial charge on any atom is 0.335 e. The molecule has 0 saturated carbocycles. The predicted molar refractivity (Wildman–Crippen MR) is 228 cm³/mol. The second kappa shape index (κ2) is 23.5. The van der Waals surface area contributed by atoms with E-state index in [1.807, 2.05) is 68.1 Å². The van der Waals surface area contributed by atoms with Gasteiger partial charge in [0.05, 0.1) is 28.8 Å². The third-order valence-electron chi connectivity index (χ3n) is 10.6. The van der Waals surface area contributed by atoms with Crippen molar-refractivity contribution in [2.24, 2.45) is 0 Å². The minimum Gasteiger partial charge on any atom is -0.478 e. The predicted octanol–water partition coefficient (Wildman–Crippen LogP) is 9.41. The van der Waals surface area contributed by atoms with Crippen LogP contribution in [-0.4, -0.2) is 60.6 Å². The van der Waals surface area contributed by atoms with Gasteiger partial charge >= 0.3 is 5.97 Å². The molecule has 1 amide bonds. The summed E-state index contributed by atoms with van der Waals surface area (Å²) in [7, 11) is 0. The number of nitriles is 2. The van der Waals surface area contributed by atoms with E-state index in [9.17, 15) is 19.2 Å². The van der Waals surface area contributed by atoms with Gasteiger partial charge in [0.15, 0.2) is 0 Å². The van der Waals surface area contributed by atoms with E-state index in [1.54, 1.807) is 19.1 Å². The largest absolute Gasteiger partial charge is 0.478 e. The number of benzene rings is 4. The first-order valence-corrected chi connectivity index (χ1v) is 19.0. The summed E-state index contributed by atoms with van der Waals surface area (Å²) < 4.78 is 0. The molecule has 0 bridgehead atoms. The zero-order valence-electron chi connectivity index (χ0n) is 32.6. The van der Waals surface area contributed by atoms with Crippen LogP contribution in [0.3, 0.4) is 0 Å². The zero-order chi connectivity index (χ0) is 39.9. The lowest BCUT2D eigenvalue weighted by Crippen LogP contribution is -2.38. The lowest BCUT2D eigenvalue weighted by Gasteiger charge is -2.33. The topological polar surface area (TPSA) is 151 Å². The molecule has 10 heteroatoms.